The third-order valence-electron chi connectivity index (χ3n) is 10.1. The fourth-order valence-electron chi connectivity index (χ4n) is 7.71. The Hall–Kier alpha value is -2.52. The molecular formula is C32H47FN4O4. The Kier molecular flexibility index (Phi) is 9.96. The van der Waals surface area contributed by atoms with Crippen molar-refractivity contribution in [3.8, 4) is 0 Å². The van der Waals surface area contributed by atoms with E-state index in [9.17, 15) is 18.8 Å². The molecular weight excluding hydrogens is 523 g/mol. The summed E-state index contributed by atoms with van der Waals surface area (Å²) in [5, 5.41) is 10.1. The Morgan fingerprint density at radius 1 is 1.00 bits per heavy atom. The van der Waals surface area contributed by atoms with E-state index < -0.39 is 17.5 Å². The van der Waals surface area contributed by atoms with Gasteiger partial charge in [0.05, 0.1) is 18.1 Å². The van der Waals surface area contributed by atoms with E-state index in [0.717, 1.165) is 50.5 Å². The maximum Gasteiger partial charge on any atom is 0.312 e. The van der Waals surface area contributed by atoms with Gasteiger partial charge >= 0.3 is 5.97 Å². The number of fused-ring (bicyclic) bond motifs is 1. The van der Waals surface area contributed by atoms with E-state index in [1.807, 2.05) is 6.92 Å². The highest BCUT2D eigenvalue weighted by Gasteiger charge is 2.49. The number of rotatable bonds is 8. The Bertz CT molecular complexity index is 1050. The topological polar surface area (TPSA) is 99.8 Å². The molecule has 1 aromatic carbocycles. The first-order valence-corrected chi connectivity index (χ1v) is 15.9. The van der Waals surface area contributed by atoms with Crippen molar-refractivity contribution in [2.45, 2.75) is 108 Å². The molecule has 8 nitrogen and oxygen atoms in total. The summed E-state index contributed by atoms with van der Waals surface area (Å²) < 4.78 is 19.2. The predicted octanol–water partition coefficient (Wildman–Crippen LogP) is 3.48. The molecule has 41 heavy (non-hydrogen) atoms. The quantitative estimate of drug-likeness (QED) is 0.414. The Labute approximate surface area is 243 Å². The van der Waals surface area contributed by atoms with Gasteiger partial charge in [0.15, 0.2) is 0 Å². The zero-order valence-corrected chi connectivity index (χ0v) is 24.5. The maximum absolute atomic E-state index is 14.0. The molecule has 5 rings (SSSR count). The van der Waals surface area contributed by atoms with Gasteiger partial charge in [0.1, 0.15) is 11.9 Å². The third kappa shape index (κ3) is 6.94. The lowest BCUT2D eigenvalue weighted by atomic mass is 9.63. The minimum absolute atomic E-state index is 0.118. The van der Waals surface area contributed by atoms with Crippen LogP contribution >= 0.6 is 0 Å². The minimum Gasteiger partial charge on any atom is -0.466 e. The number of hydrogen-bond donors (Lipinski definition) is 3. The van der Waals surface area contributed by atoms with Crippen LogP contribution in [0.5, 0.6) is 0 Å². The number of piperazine rings is 1. The Morgan fingerprint density at radius 3 is 2.34 bits per heavy atom. The molecule has 0 spiro atoms. The first-order valence-electron chi connectivity index (χ1n) is 15.9. The molecule has 0 aromatic heterocycles. The van der Waals surface area contributed by atoms with Gasteiger partial charge in [-0.25, -0.2) is 4.39 Å². The molecule has 0 radical (unpaired) electrons. The van der Waals surface area contributed by atoms with Crippen molar-refractivity contribution in [3.63, 3.8) is 0 Å². The van der Waals surface area contributed by atoms with Gasteiger partial charge in [-0.1, -0.05) is 44.2 Å². The molecule has 2 saturated heterocycles. The van der Waals surface area contributed by atoms with Crippen molar-refractivity contribution in [1.29, 1.82) is 0 Å². The largest absolute Gasteiger partial charge is 0.466 e. The molecule has 9 heteroatoms. The zero-order valence-electron chi connectivity index (χ0n) is 24.5. The molecule has 1 aromatic rings. The number of carbonyl (C=O) groups is 3. The SMILES string of the molecule is CCOC(=O)C1(C2CCCCC2)CCN(C(=O)[C@@H](Cc2ccc(F)cc2)NC(=O)C2CN[C@H]3CCCC[C@H]3N2)CC1. The number of nitrogens with zero attached hydrogens (tertiary/aromatic N) is 1. The van der Waals surface area contributed by atoms with E-state index in [1.54, 1.807) is 17.0 Å². The van der Waals surface area contributed by atoms with Gasteiger partial charge in [0.25, 0.3) is 0 Å². The molecule has 3 N–H and O–H groups in total. The number of piperidine rings is 1. The van der Waals surface area contributed by atoms with E-state index in [2.05, 4.69) is 16.0 Å². The molecule has 226 valence electrons. The summed E-state index contributed by atoms with van der Waals surface area (Å²) in [7, 11) is 0. The van der Waals surface area contributed by atoms with Crippen LogP contribution in [0.4, 0.5) is 4.39 Å². The summed E-state index contributed by atoms with van der Waals surface area (Å²) >= 11 is 0. The summed E-state index contributed by atoms with van der Waals surface area (Å²) in [5.74, 6) is -0.512. The van der Waals surface area contributed by atoms with Crippen molar-refractivity contribution in [3.05, 3.63) is 35.6 Å². The first kappa shape index (κ1) is 30.0. The van der Waals surface area contributed by atoms with Gasteiger partial charge in [-0.15, -0.1) is 0 Å². The number of amides is 2. The van der Waals surface area contributed by atoms with Crippen molar-refractivity contribution < 1.29 is 23.5 Å². The molecule has 2 heterocycles. The standard InChI is InChI=1S/C32H47FN4O4/c1-2-41-31(40)32(23-8-4-3-5-9-23)16-18-37(19-17-32)30(39)27(20-22-12-14-24(33)15-13-22)36-29(38)28-21-34-25-10-6-7-11-26(25)35-28/h12-15,23,25-28,34-35H,2-11,16-21H2,1H3,(H,36,38)/t25-,26+,27+,28?/m0/s1. The number of likely N-dealkylation sites (tertiary alicyclic amines) is 1. The van der Waals surface area contributed by atoms with Crippen molar-refractivity contribution in [1.82, 2.24) is 20.9 Å². The van der Waals surface area contributed by atoms with Crippen LogP contribution in [0, 0.1) is 17.2 Å². The van der Waals surface area contributed by atoms with E-state index in [1.165, 1.54) is 25.0 Å². The van der Waals surface area contributed by atoms with Crippen molar-refractivity contribution in [2.24, 2.45) is 11.3 Å². The third-order valence-corrected chi connectivity index (χ3v) is 10.1. The smallest absolute Gasteiger partial charge is 0.312 e. The first-order chi connectivity index (χ1) is 19.9. The molecule has 1 unspecified atom stereocenters. The molecule has 4 aliphatic rings. The number of carbonyl (C=O) groups excluding carboxylic acids is 3. The highest BCUT2D eigenvalue weighted by molar-refractivity contribution is 5.90. The van der Waals surface area contributed by atoms with Gasteiger partial charge in [-0.05, 0) is 69.1 Å². The van der Waals surface area contributed by atoms with Crippen LogP contribution in [0.2, 0.25) is 0 Å². The number of benzene rings is 1. The summed E-state index contributed by atoms with van der Waals surface area (Å²) in [6.07, 6.45) is 11.5. The zero-order chi connectivity index (χ0) is 28.8. The van der Waals surface area contributed by atoms with E-state index in [-0.39, 0.29) is 42.0 Å². The van der Waals surface area contributed by atoms with Crippen LogP contribution in [0.15, 0.2) is 24.3 Å². The van der Waals surface area contributed by atoms with Gasteiger partial charge < -0.3 is 25.6 Å². The lowest BCUT2D eigenvalue weighted by Crippen LogP contribution is -2.66. The summed E-state index contributed by atoms with van der Waals surface area (Å²) in [6.45, 7) is 3.64. The number of ether oxygens (including phenoxy) is 1. The number of halogens is 1. The highest BCUT2D eigenvalue weighted by Crippen LogP contribution is 2.47. The van der Waals surface area contributed by atoms with Crippen molar-refractivity contribution in [2.75, 3.05) is 26.2 Å². The van der Waals surface area contributed by atoms with Gasteiger partial charge in [-0.3, -0.25) is 14.4 Å². The number of nitrogens with one attached hydrogen (secondary N) is 3. The van der Waals surface area contributed by atoms with Crippen LogP contribution in [-0.2, 0) is 25.5 Å². The molecule has 4 fully saturated rings. The van der Waals surface area contributed by atoms with Crippen LogP contribution in [0.25, 0.3) is 0 Å². The van der Waals surface area contributed by atoms with Gasteiger partial charge in [0, 0.05) is 38.1 Å². The molecule has 0 bridgehead atoms. The van der Waals surface area contributed by atoms with Gasteiger partial charge in [-0.2, -0.15) is 0 Å². The van der Waals surface area contributed by atoms with Crippen LogP contribution in [0.1, 0.15) is 83.1 Å². The predicted molar refractivity (Wildman–Crippen MR) is 154 cm³/mol. The lowest BCUT2D eigenvalue weighted by Gasteiger charge is -2.46. The Balaban J connectivity index is 1.28. The molecule has 2 amide bonds. The second-order valence-electron chi connectivity index (χ2n) is 12.6. The fourth-order valence-corrected chi connectivity index (χ4v) is 7.71. The molecule has 4 atom stereocenters. The lowest BCUT2D eigenvalue weighted by molar-refractivity contribution is -0.166. The molecule has 2 aliphatic carbocycles. The average Bonchev–Trinajstić information content (AvgIpc) is 3.01. The van der Waals surface area contributed by atoms with Crippen molar-refractivity contribution >= 4 is 17.8 Å². The second kappa shape index (κ2) is 13.6. The van der Waals surface area contributed by atoms with Crippen LogP contribution in [-0.4, -0.2) is 73.1 Å². The number of hydrogen-bond acceptors (Lipinski definition) is 6. The minimum atomic E-state index is -0.774. The maximum atomic E-state index is 14.0. The van der Waals surface area contributed by atoms with Crippen LogP contribution in [0.3, 0.4) is 0 Å². The Morgan fingerprint density at radius 2 is 1.66 bits per heavy atom. The summed E-state index contributed by atoms with van der Waals surface area (Å²) in [5.41, 5.74) is 0.240. The normalized spacial score (nSPS) is 27.4. The van der Waals surface area contributed by atoms with Gasteiger partial charge in [0.2, 0.25) is 11.8 Å². The van der Waals surface area contributed by atoms with Crippen LogP contribution < -0.4 is 16.0 Å². The van der Waals surface area contributed by atoms with E-state index in [4.69, 9.17) is 4.74 Å². The molecule has 2 aliphatic heterocycles. The monoisotopic (exact) mass is 570 g/mol. The fraction of sp³-hybridized carbons (Fsp3) is 0.719. The number of esters is 1. The van der Waals surface area contributed by atoms with E-state index >= 15 is 0 Å². The second-order valence-corrected chi connectivity index (χ2v) is 12.6. The highest BCUT2D eigenvalue weighted by atomic mass is 19.1. The van der Waals surface area contributed by atoms with E-state index in [0.29, 0.717) is 45.1 Å². The molecule has 2 saturated carbocycles. The summed E-state index contributed by atoms with van der Waals surface area (Å²) in [6, 6.07) is 5.56. The average molecular weight is 571 g/mol. The summed E-state index contributed by atoms with van der Waals surface area (Å²) in [4.78, 5) is 42.6.